The Kier molecular flexibility index (Phi) is 5.44. The fraction of sp³-hybridized carbons (Fsp3) is 0.556. The maximum Gasteiger partial charge on any atom is 0.494 e. The molecule has 2 heterocycles. The Labute approximate surface area is 205 Å². The maximum absolute atomic E-state index is 6.62. The molecule has 180 valence electrons. The van der Waals surface area contributed by atoms with E-state index in [2.05, 4.69) is 91.8 Å². The van der Waals surface area contributed by atoms with E-state index in [0.29, 0.717) is 0 Å². The quantitative estimate of drug-likeness (QED) is 0.696. The molecule has 2 aromatic rings. The van der Waals surface area contributed by atoms with Gasteiger partial charge in [0.05, 0.1) is 22.4 Å². The molecule has 0 amide bonds. The topological polar surface area (TPSA) is 62.9 Å². The highest BCUT2D eigenvalue weighted by Crippen LogP contribution is 2.39. The minimum Gasteiger partial charge on any atom is -0.399 e. The fourth-order valence-corrected chi connectivity index (χ4v) is 4.98. The van der Waals surface area contributed by atoms with Crippen LogP contribution in [0.5, 0.6) is 0 Å². The largest absolute Gasteiger partial charge is 0.494 e. The van der Waals surface area contributed by atoms with Crippen molar-refractivity contribution < 1.29 is 18.6 Å². The summed E-state index contributed by atoms with van der Waals surface area (Å²) in [6.07, 6.45) is 1.62. The number of hydrogen-bond donors (Lipinski definition) is 1. The number of nitrogens with two attached hydrogens (primary N) is 1. The van der Waals surface area contributed by atoms with E-state index < -0.39 is 0 Å². The first-order valence-electron chi connectivity index (χ1n) is 12.4. The van der Waals surface area contributed by atoms with Crippen molar-refractivity contribution in [1.29, 1.82) is 0 Å². The first-order valence-corrected chi connectivity index (χ1v) is 12.4. The molecule has 5 nitrogen and oxygen atoms in total. The molecular formula is C27H37B2NO4. The van der Waals surface area contributed by atoms with E-state index in [1.165, 1.54) is 22.3 Å². The van der Waals surface area contributed by atoms with E-state index in [1.54, 1.807) is 0 Å². The van der Waals surface area contributed by atoms with E-state index in [-0.39, 0.29) is 42.7 Å². The van der Waals surface area contributed by atoms with Crippen molar-refractivity contribution in [2.75, 3.05) is 0 Å². The molecule has 0 radical (unpaired) electrons. The summed E-state index contributed by atoms with van der Waals surface area (Å²) >= 11 is 0. The van der Waals surface area contributed by atoms with Gasteiger partial charge in [0.2, 0.25) is 0 Å². The van der Waals surface area contributed by atoms with Gasteiger partial charge in [-0.25, -0.2) is 0 Å². The predicted octanol–water partition coefficient (Wildman–Crippen LogP) is 3.38. The van der Waals surface area contributed by atoms with Gasteiger partial charge in [-0.15, -0.1) is 0 Å². The summed E-state index contributed by atoms with van der Waals surface area (Å²) in [7, 11) is -0.750. The Morgan fingerprint density at radius 2 is 0.941 bits per heavy atom. The molecule has 0 spiro atoms. The van der Waals surface area contributed by atoms with Crippen LogP contribution in [0.25, 0.3) is 11.1 Å². The van der Waals surface area contributed by atoms with E-state index in [4.69, 9.17) is 24.4 Å². The lowest BCUT2D eigenvalue weighted by Crippen LogP contribution is -2.41. The summed E-state index contributed by atoms with van der Waals surface area (Å²) in [4.78, 5) is 0. The standard InChI is InChI=1S/C27H37B2NO4/c1-24(2)25(3,4)32-28(31-24)19-9-11-22-17(13-19)15-21(30)16-18-14-20(10-12-23(18)22)29-33-26(5,6)27(7,8)34-29/h9-14,21H,15-16,30H2,1-8H3. The zero-order valence-electron chi connectivity index (χ0n) is 21.8. The van der Waals surface area contributed by atoms with E-state index in [1.807, 2.05) is 0 Å². The van der Waals surface area contributed by atoms with Gasteiger partial charge in [-0.2, -0.15) is 0 Å². The van der Waals surface area contributed by atoms with Gasteiger partial charge < -0.3 is 24.4 Å². The van der Waals surface area contributed by atoms with Gasteiger partial charge in [0, 0.05) is 6.04 Å². The lowest BCUT2D eigenvalue weighted by atomic mass is 9.75. The molecule has 0 bridgehead atoms. The summed E-state index contributed by atoms with van der Waals surface area (Å²) in [6, 6.07) is 13.1. The molecule has 0 saturated carbocycles. The third-order valence-electron chi connectivity index (χ3n) is 8.56. The molecule has 2 N–H and O–H groups in total. The van der Waals surface area contributed by atoms with Crippen LogP contribution in [0, 0.1) is 0 Å². The summed E-state index contributed by atoms with van der Waals surface area (Å²) in [5, 5.41) is 0. The third kappa shape index (κ3) is 3.86. The van der Waals surface area contributed by atoms with Crippen LogP contribution in [0.15, 0.2) is 36.4 Å². The second kappa shape index (κ2) is 7.68. The van der Waals surface area contributed by atoms with Crippen molar-refractivity contribution in [3.8, 4) is 11.1 Å². The SMILES string of the molecule is CC1(C)OB(c2ccc3c(c2)CC(N)Cc2cc(B4OC(C)(C)C(C)(C)O4)ccc2-3)OC1(C)C. The second-order valence-electron chi connectivity index (χ2n) is 12.2. The molecule has 2 aromatic carbocycles. The highest BCUT2D eigenvalue weighted by molar-refractivity contribution is 6.62. The van der Waals surface area contributed by atoms with Crippen LogP contribution in [0.3, 0.4) is 0 Å². The van der Waals surface area contributed by atoms with E-state index >= 15 is 0 Å². The minimum atomic E-state index is -0.375. The van der Waals surface area contributed by atoms with Gasteiger partial charge >= 0.3 is 14.2 Å². The van der Waals surface area contributed by atoms with Gasteiger partial charge in [0.15, 0.2) is 0 Å². The van der Waals surface area contributed by atoms with Crippen LogP contribution >= 0.6 is 0 Å². The van der Waals surface area contributed by atoms with Gasteiger partial charge in [0.1, 0.15) is 0 Å². The molecule has 0 aromatic heterocycles. The summed E-state index contributed by atoms with van der Waals surface area (Å²) in [5.41, 5.74) is 12.2. The van der Waals surface area contributed by atoms with Crippen molar-refractivity contribution in [2.24, 2.45) is 5.73 Å². The number of benzene rings is 2. The zero-order chi connectivity index (χ0) is 24.7. The first kappa shape index (κ1) is 24.1. The Hall–Kier alpha value is -1.63. The van der Waals surface area contributed by atoms with Crippen LogP contribution < -0.4 is 16.7 Å². The second-order valence-corrected chi connectivity index (χ2v) is 12.2. The van der Waals surface area contributed by atoms with Crippen molar-refractivity contribution in [1.82, 2.24) is 0 Å². The average molecular weight is 461 g/mol. The van der Waals surface area contributed by atoms with Crippen LogP contribution in [0.1, 0.15) is 66.5 Å². The third-order valence-corrected chi connectivity index (χ3v) is 8.56. The van der Waals surface area contributed by atoms with Crippen molar-refractivity contribution >= 4 is 25.2 Å². The molecule has 5 rings (SSSR count). The Morgan fingerprint density at radius 1 is 0.618 bits per heavy atom. The first-order chi connectivity index (χ1) is 15.7. The molecule has 1 aliphatic carbocycles. The molecule has 2 saturated heterocycles. The maximum atomic E-state index is 6.62. The molecule has 7 heteroatoms. The summed E-state index contributed by atoms with van der Waals surface area (Å²) < 4.78 is 25.2. The van der Waals surface area contributed by atoms with E-state index in [0.717, 1.165) is 23.8 Å². The van der Waals surface area contributed by atoms with Crippen molar-refractivity contribution in [3.05, 3.63) is 47.5 Å². The van der Waals surface area contributed by atoms with Crippen molar-refractivity contribution in [3.63, 3.8) is 0 Å². The summed E-state index contributed by atoms with van der Waals surface area (Å²) in [5.74, 6) is 0. The van der Waals surface area contributed by atoms with Gasteiger partial charge in [0.25, 0.3) is 0 Å². The van der Waals surface area contributed by atoms with Crippen LogP contribution in [0.4, 0.5) is 0 Å². The molecule has 0 unspecified atom stereocenters. The van der Waals surface area contributed by atoms with Gasteiger partial charge in [-0.1, -0.05) is 36.4 Å². The molecule has 2 aliphatic heterocycles. The van der Waals surface area contributed by atoms with Crippen LogP contribution in [0.2, 0.25) is 0 Å². The normalized spacial score (nSPS) is 24.6. The Morgan fingerprint density at radius 3 is 1.26 bits per heavy atom. The van der Waals surface area contributed by atoms with Crippen molar-refractivity contribution in [2.45, 2.75) is 96.7 Å². The predicted molar refractivity (Wildman–Crippen MR) is 139 cm³/mol. The molecule has 2 fully saturated rings. The Bertz CT molecular complexity index is 1010. The number of fused-ring (bicyclic) bond motifs is 3. The lowest BCUT2D eigenvalue weighted by molar-refractivity contribution is 0.00578. The van der Waals surface area contributed by atoms with Crippen LogP contribution in [-0.4, -0.2) is 42.7 Å². The highest BCUT2D eigenvalue weighted by atomic mass is 16.7. The Balaban J connectivity index is 1.48. The minimum absolute atomic E-state index is 0.0297. The van der Waals surface area contributed by atoms with Gasteiger partial charge in [-0.05, 0) is 101 Å². The smallest absolute Gasteiger partial charge is 0.399 e. The lowest BCUT2D eigenvalue weighted by Gasteiger charge is -2.32. The summed E-state index contributed by atoms with van der Waals surface area (Å²) in [6.45, 7) is 16.7. The van der Waals surface area contributed by atoms with Gasteiger partial charge in [-0.3, -0.25) is 0 Å². The monoisotopic (exact) mass is 461 g/mol. The number of rotatable bonds is 2. The highest BCUT2D eigenvalue weighted by Gasteiger charge is 2.53. The fourth-order valence-electron chi connectivity index (χ4n) is 4.98. The zero-order valence-corrected chi connectivity index (χ0v) is 21.8. The molecule has 34 heavy (non-hydrogen) atoms. The average Bonchev–Trinajstić information content (AvgIpc) is 3.00. The number of hydrogen-bond acceptors (Lipinski definition) is 5. The molecular weight excluding hydrogens is 424 g/mol. The van der Waals surface area contributed by atoms with Crippen LogP contribution in [-0.2, 0) is 31.5 Å². The van der Waals surface area contributed by atoms with E-state index in [9.17, 15) is 0 Å². The molecule has 0 atom stereocenters. The molecule has 3 aliphatic rings.